The fourth-order valence-electron chi connectivity index (χ4n) is 9.21. The van der Waals surface area contributed by atoms with Crippen molar-refractivity contribution in [3.63, 3.8) is 0 Å². The van der Waals surface area contributed by atoms with Crippen molar-refractivity contribution in [2.24, 2.45) is 0 Å². The Labute approximate surface area is 424 Å². The molecule has 6 nitrogen and oxygen atoms in total. The molecule has 0 aliphatic heterocycles. The molecule has 0 saturated heterocycles. The molecule has 1 amide bonds. The van der Waals surface area contributed by atoms with Crippen LogP contribution in [0.2, 0.25) is 0 Å². The standard InChI is InChI=1S/C62H117NO5/c1-3-5-7-9-11-13-15-17-19-20-21-22-24-27-30-34-38-42-46-50-54-60(65)59(58-64)63-61(66)55-51-47-43-39-35-31-28-25-23-26-29-33-37-41-45-49-53-57-68-62(67)56-52-48-44-40-36-32-18-16-14-12-10-8-6-4-2/h16,18,23,26,50,54,59-60,64-65H,3-15,17,19-22,24-25,27-49,51-53,55-58H2,1-2H3,(H,63,66)/b18-16-,26-23-,54-50+. The number of hydrogen-bond donors (Lipinski definition) is 3. The molecule has 0 saturated carbocycles. The Hall–Kier alpha value is -1.92. The zero-order valence-corrected chi connectivity index (χ0v) is 45.6. The number of nitrogens with one attached hydrogen (secondary N) is 1. The van der Waals surface area contributed by atoms with Gasteiger partial charge < -0.3 is 20.3 Å². The maximum absolute atomic E-state index is 12.5. The summed E-state index contributed by atoms with van der Waals surface area (Å²) in [5.74, 6) is -0.0894. The highest BCUT2D eigenvalue weighted by molar-refractivity contribution is 5.76. The summed E-state index contributed by atoms with van der Waals surface area (Å²) in [6, 6.07) is -0.638. The summed E-state index contributed by atoms with van der Waals surface area (Å²) in [6.07, 6.45) is 71.7. The minimum absolute atomic E-state index is 0.0112. The fraction of sp³-hybridized carbons (Fsp3) is 0.871. The Kier molecular flexibility index (Phi) is 56.0. The number of carbonyl (C=O) groups excluding carboxylic acids is 2. The number of amides is 1. The number of esters is 1. The molecule has 0 aromatic heterocycles. The quantitative estimate of drug-likeness (QED) is 0.0321. The SMILES string of the molecule is CCCCCCC/C=C\CCCCCCCC(=O)OCCCCCCCC/C=C\CCCCCCCCCC(=O)NC(CO)C(O)/C=C/CCCCCCCCCCCCCCCCCCCC. The van der Waals surface area contributed by atoms with Crippen LogP contribution in [0.5, 0.6) is 0 Å². The predicted molar refractivity (Wildman–Crippen MR) is 296 cm³/mol. The van der Waals surface area contributed by atoms with Crippen molar-refractivity contribution in [1.82, 2.24) is 5.32 Å². The van der Waals surface area contributed by atoms with E-state index in [9.17, 15) is 19.8 Å². The molecular formula is C62H117NO5. The monoisotopic (exact) mass is 956 g/mol. The Morgan fingerprint density at radius 2 is 0.691 bits per heavy atom. The highest BCUT2D eigenvalue weighted by Gasteiger charge is 2.18. The summed E-state index contributed by atoms with van der Waals surface area (Å²) < 4.78 is 5.46. The minimum Gasteiger partial charge on any atom is -0.466 e. The molecule has 0 bridgehead atoms. The van der Waals surface area contributed by atoms with Crippen molar-refractivity contribution in [2.75, 3.05) is 13.2 Å². The molecule has 0 fully saturated rings. The van der Waals surface area contributed by atoms with Crippen LogP contribution in [0.1, 0.15) is 322 Å². The van der Waals surface area contributed by atoms with Crippen molar-refractivity contribution in [1.29, 1.82) is 0 Å². The molecule has 0 aliphatic rings. The normalized spacial score (nSPS) is 12.8. The van der Waals surface area contributed by atoms with Gasteiger partial charge in [0, 0.05) is 12.8 Å². The van der Waals surface area contributed by atoms with Gasteiger partial charge in [-0.15, -0.1) is 0 Å². The van der Waals surface area contributed by atoms with E-state index >= 15 is 0 Å². The first-order valence-electron chi connectivity index (χ1n) is 30.3. The van der Waals surface area contributed by atoms with Gasteiger partial charge in [-0.3, -0.25) is 9.59 Å². The number of aliphatic hydroxyl groups is 2. The zero-order chi connectivity index (χ0) is 49.3. The molecule has 0 rings (SSSR count). The zero-order valence-electron chi connectivity index (χ0n) is 45.6. The molecule has 0 spiro atoms. The Morgan fingerprint density at radius 1 is 0.397 bits per heavy atom. The Morgan fingerprint density at radius 3 is 1.04 bits per heavy atom. The van der Waals surface area contributed by atoms with Crippen molar-refractivity contribution >= 4 is 11.9 Å². The van der Waals surface area contributed by atoms with Crippen LogP contribution in [-0.4, -0.2) is 47.4 Å². The van der Waals surface area contributed by atoms with Crippen LogP contribution in [0.4, 0.5) is 0 Å². The summed E-state index contributed by atoms with van der Waals surface area (Å²) in [5.41, 5.74) is 0. The van der Waals surface area contributed by atoms with Crippen LogP contribution in [0, 0.1) is 0 Å². The molecule has 0 heterocycles. The first-order chi connectivity index (χ1) is 33.5. The lowest BCUT2D eigenvalue weighted by Crippen LogP contribution is -2.45. The third-order valence-corrected chi connectivity index (χ3v) is 13.9. The largest absolute Gasteiger partial charge is 0.466 e. The van der Waals surface area contributed by atoms with Crippen molar-refractivity contribution in [2.45, 2.75) is 334 Å². The van der Waals surface area contributed by atoms with Gasteiger partial charge in [0.05, 0.1) is 25.4 Å². The smallest absolute Gasteiger partial charge is 0.305 e. The van der Waals surface area contributed by atoms with E-state index in [0.29, 0.717) is 19.4 Å². The van der Waals surface area contributed by atoms with E-state index in [1.54, 1.807) is 6.08 Å². The van der Waals surface area contributed by atoms with E-state index in [0.717, 1.165) is 57.8 Å². The molecule has 0 radical (unpaired) electrons. The molecular weight excluding hydrogens is 839 g/mol. The molecule has 2 unspecified atom stereocenters. The van der Waals surface area contributed by atoms with E-state index in [1.165, 1.54) is 238 Å². The number of hydrogen-bond acceptors (Lipinski definition) is 5. The summed E-state index contributed by atoms with van der Waals surface area (Å²) in [6.45, 7) is 4.88. The lowest BCUT2D eigenvalue weighted by Gasteiger charge is -2.20. The fourth-order valence-corrected chi connectivity index (χ4v) is 9.21. The predicted octanol–water partition coefficient (Wildman–Crippen LogP) is 18.8. The van der Waals surface area contributed by atoms with Gasteiger partial charge in [-0.1, -0.05) is 262 Å². The number of aliphatic hydroxyl groups excluding tert-OH is 2. The van der Waals surface area contributed by atoms with Crippen LogP contribution in [0.15, 0.2) is 36.5 Å². The average Bonchev–Trinajstić information content (AvgIpc) is 3.34. The second kappa shape index (κ2) is 57.7. The van der Waals surface area contributed by atoms with Crippen molar-refractivity contribution in [3.05, 3.63) is 36.5 Å². The third-order valence-electron chi connectivity index (χ3n) is 13.9. The van der Waals surface area contributed by atoms with Gasteiger partial charge in [0.25, 0.3) is 0 Å². The van der Waals surface area contributed by atoms with Crippen LogP contribution < -0.4 is 5.32 Å². The molecule has 400 valence electrons. The summed E-state index contributed by atoms with van der Waals surface area (Å²) in [4.78, 5) is 24.5. The maximum Gasteiger partial charge on any atom is 0.305 e. The lowest BCUT2D eigenvalue weighted by molar-refractivity contribution is -0.143. The van der Waals surface area contributed by atoms with Gasteiger partial charge in [-0.2, -0.15) is 0 Å². The van der Waals surface area contributed by atoms with Crippen LogP contribution in [0.25, 0.3) is 0 Å². The van der Waals surface area contributed by atoms with Gasteiger partial charge in [-0.05, 0) is 83.5 Å². The number of ether oxygens (including phenoxy) is 1. The van der Waals surface area contributed by atoms with Gasteiger partial charge in [0.2, 0.25) is 5.91 Å². The topological polar surface area (TPSA) is 95.9 Å². The first kappa shape index (κ1) is 66.1. The Balaban J connectivity index is 3.50. The number of allylic oxidation sites excluding steroid dienone is 5. The molecule has 2 atom stereocenters. The molecule has 0 aromatic rings. The molecule has 0 aliphatic carbocycles. The lowest BCUT2D eigenvalue weighted by atomic mass is 10.0. The van der Waals surface area contributed by atoms with E-state index < -0.39 is 12.1 Å². The van der Waals surface area contributed by atoms with Crippen molar-refractivity contribution < 1.29 is 24.5 Å². The molecule has 0 aromatic carbocycles. The van der Waals surface area contributed by atoms with Gasteiger partial charge in [0.1, 0.15) is 0 Å². The van der Waals surface area contributed by atoms with Crippen molar-refractivity contribution in [3.8, 4) is 0 Å². The van der Waals surface area contributed by atoms with E-state index in [-0.39, 0.29) is 18.5 Å². The minimum atomic E-state index is -0.854. The second-order valence-corrected chi connectivity index (χ2v) is 20.7. The highest BCUT2D eigenvalue weighted by Crippen LogP contribution is 2.17. The second-order valence-electron chi connectivity index (χ2n) is 20.7. The number of rotatable bonds is 56. The first-order valence-corrected chi connectivity index (χ1v) is 30.3. The van der Waals surface area contributed by atoms with E-state index in [1.807, 2.05) is 6.08 Å². The summed E-state index contributed by atoms with van der Waals surface area (Å²) >= 11 is 0. The molecule has 6 heteroatoms. The molecule has 68 heavy (non-hydrogen) atoms. The van der Waals surface area contributed by atoms with Crippen LogP contribution in [-0.2, 0) is 14.3 Å². The van der Waals surface area contributed by atoms with Crippen LogP contribution in [0.3, 0.4) is 0 Å². The Bertz CT molecular complexity index is 1100. The van der Waals surface area contributed by atoms with Crippen LogP contribution >= 0.6 is 0 Å². The highest BCUT2D eigenvalue weighted by atomic mass is 16.5. The maximum atomic E-state index is 12.5. The van der Waals surface area contributed by atoms with Gasteiger partial charge in [-0.25, -0.2) is 0 Å². The summed E-state index contributed by atoms with van der Waals surface area (Å²) in [5, 5.41) is 23.2. The number of carbonyl (C=O) groups is 2. The summed E-state index contributed by atoms with van der Waals surface area (Å²) in [7, 11) is 0. The third kappa shape index (κ3) is 53.4. The van der Waals surface area contributed by atoms with E-state index in [4.69, 9.17) is 4.74 Å². The van der Waals surface area contributed by atoms with E-state index in [2.05, 4.69) is 43.5 Å². The number of unbranched alkanes of at least 4 members (excludes halogenated alkanes) is 41. The van der Waals surface area contributed by atoms with Gasteiger partial charge >= 0.3 is 5.97 Å². The van der Waals surface area contributed by atoms with Gasteiger partial charge in [0.15, 0.2) is 0 Å². The average molecular weight is 957 g/mol. The molecule has 3 N–H and O–H groups in total.